The molecule has 1 aromatic rings. The highest BCUT2D eigenvalue weighted by Gasteiger charge is 2.16. The molecule has 0 amide bonds. The molecule has 1 aromatic heterocycles. The molecule has 0 aliphatic heterocycles. The van der Waals surface area contributed by atoms with Gasteiger partial charge in [-0.25, -0.2) is 4.68 Å². The van der Waals surface area contributed by atoms with Gasteiger partial charge in [-0.05, 0) is 35.7 Å². The highest BCUT2D eigenvalue weighted by Crippen LogP contribution is 2.20. The van der Waals surface area contributed by atoms with Gasteiger partial charge < -0.3 is 5.32 Å². The predicted octanol–water partition coefficient (Wildman–Crippen LogP) is 1.78. The maximum atomic E-state index is 4.07. The van der Waals surface area contributed by atoms with Gasteiger partial charge in [0, 0.05) is 6.54 Å². The molecule has 0 bridgehead atoms. The Morgan fingerprint density at radius 1 is 1.38 bits per heavy atom. The summed E-state index contributed by atoms with van der Waals surface area (Å²) in [4.78, 5) is 0. The Kier molecular flexibility index (Phi) is 4.41. The van der Waals surface area contributed by atoms with Gasteiger partial charge in [0.2, 0.25) is 0 Å². The van der Waals surface area contributed by atoms with Crippen LogP contribution < -0.4 is 5.32 Å². The van der Waals surface area contributed by atoms with Crippen LogP contribution in [0.1, 0.15) is 52.9 Å². The second-order valence-corrected chi connectivity index (χ2v) is 5.35. The third kappa shape index (κ3) is 3.89. The van der Waals surface area contributed by atoms with Crippen LogP contribution >= 0.6 is 0 Å². The molecule has 0 aromatic carbocycles. The van der Waals surface area contributed by atoms with Crippen molar-refractivity contribution < 1.29 is 0 Å². The van der Waals surface area contributed by atoms with Crippen molar-refractivity contribution in [3.05, 3.63) is 5.82 Å². The van der Waals surface area contributed by atoms with E-state index in [-0.39, 0.29) is 6.04 Å². The zero-order valence-corrected chi connectivity index (χ0v) is 11.0. The Hall–Kier alpha value is -0.970. The Bertz CT molecular complexity index is 312. The van der Waals surface area contributed by atoms with Crippen LogP contribution in [-0.4, -0.2) is 26.8 Å². The van der Waals surface area contributed by atoms with Gasteiger partial charge in [0.25, 0.3) is 0 Å². The molecule has 16 heavy (non-hydrogen) atoms. The van der Waals surface area contributed by atoms with Crippen molar-refractivity contribution in [1.82, 2.24) is 25.5 Å². The summed E-state index contributed by atoms with van der Waals surface area (Å²) < 4.78 is 1.90. The van der Waals surface area contributed by atoms with Crippen molar-refractivity contribution in [2.75, 3.05) is 6.54 Å². The number of aryl methyl sites for hydroxylation is 1. The van der Waals surface area contributed by atoms with Gasteiger partial charge in [0.1, 0.15) is 0 Å². The molecule has 0 aliphatic carbocycles. The molecule has 1 rings (SSSR count). The first-order chi connectivity index (χ1) is 7.44. The smallest absolute Gasteiger partial charge is 0.167 e. The van der Waals surface area contributed by atoms with E-state index in [1.165, 1.54) is 0 Å². The Morgan fingerprint density at radius 2 is 2.06 bits per heavy atom. The van der Waals surface area contributed by atoms with Crippen LogP contribution in [0, 0.1) is 5.41 Å². The van der Waals surface area contributed by atoms with Crippen molar-refractivity contribution in [2.45, 2.75) is 53.6 Å². The summed E-state index contributed by atoms with van der Waals surface area (Å²) in [5.41, 5.74) is 0.310. The molecule has 1 heterocycles. The van der Waals surface area contributed by atoms with E-state index in [0.29, 0.717) is 5.41 Å². The van der Waals surface area contributed by atoms with E-state index in [4.69, 9.17) is 0 Å². The number of nitrogens with one attached hydrogen (secondary N) is 1. The molecular weight excluding hydrogens is 202 g/mol. The highest BCUT2D eigenvalue weighted by atomic mass is 15.5. The minimum absolute atomic E-state index is 0.208. The van der Waals surface area contributed by atoms with E-state index < -0.39 is 0 Å². The second-order valence-electron chi connectivity index (χ2n) is 5.35. The summed E-state index contributed by atoms with van der Waals surface area (Å²) in [6.45, 7) is 12.7. The van der Waals surface area contributed by atoms with Gasteiger partial charge in [-0.1, -0.05) is 27.7 Å². The fourth-order valence-electron chi connectivity index (χ4n) is 1.52. The molecule has 1 unspecified atom stereocenters. The molecule has 0 spiro atoms. The maximum Gasteiger partial charge on any atom is 0.167 e. The summed E-state index contributed by atoms with van der Waals surface area (Å²) in [6.07, 6.45) is 1.07. The number of rotatable bonds is 5. The Morgan fingerprint density at radius 3 is 2.62 bits per heavy atom. The number of aromatic nitrogens is 4. The van der Waals surface area contributed by atoms with Crippen molar-refractivity contribution in [3.8, 4) is 0 Å². The van der Waals surface area contributed by atoms with Crippen LogP contribution in [0.2, 0.25) is 0 Å². The molecule has 0 radical (unpaired) electrons. The molecule has 5 heteroatoms. The second kappa shape index (κ2) is 5.39. The molecule has 0 saturated heterocycles. The number of hydrogen-bond donors (Lipinski definition) is 1. The number of hydrogen-bond acceptors (Lipinski definition) is 4. The first-order valence-corrected chi connectivity index (χ1v) is 5.93. The maximum absolute atomic E-state index is 4.07. The van der Waals surface area contributed by atoms with E-state index in [1.807, 2.05) is 4.68 Å². The van der Waals surface area contributed by atoms with E-state index >= 15 is 0 Å². The molecule has 92 valence electrons. The van der Waals surface area contributed by atoms with Gasteiger partial charge in [-0.15, -0.1) is 5.10 Å². The van der Waals surface area contributed by atoms with Crippen LogP contribution in [0.4, 0.5) is 0 Å². The first-order valence-electron chi connectivity index (χ1n) is 5.93. The number of nitrogens with zero attached hydrogens (tertiary/aromatic N) is 4. The largest absolute Gasteiger partial charge is 0.308 e. The monoisotopic (exact) mass is 225 g/mol. The minimum Gasteiger partial charge on any atom is -0.308 e. The van der Waals surface area contributed by atoms with E-state index in [0.717, 1.165) is 25.3 Å². The predicted molar refractivity (Wildman–Crippen MR) is 64.0 cm³/mol. The molecule has 5 nitrogen and oxygen atoms in total. The third-order valence-electron chi connectivity index (χ3n) is 2.53. The summed E-state index contributed by atoms with van der Waals surface area (Å²) in [5.74, 6) is 0.922. The molecular formula is C11H23N5. The van der Waals surface area contributed by atoms with Crippen LogP contribution in [0.25, 0.3) is 0 Å². The zero-order valence-electron chi connectivity index (χ0n) is 11.0. The lowest BCUT2D eigenvalue weighted by molar-refractivity contribution is 0.331. The summed E-state index contributed by atoms with van der Waals surface area (Å²) in [6, 6.07) is 0.208. The van der Waals surface area contributed by atoms with Crippen molar-refractivity contribution in [3.63, 3.8) is 0 Å². The lowest BCUT2D eigenvalue weighted by Crippen LogP contribution is -2.23. The van der Waals surface area contributed by atoms with E-state index in [2.05, 4.69) is 55.5 Å². The van der Waals surface area contributed by atoms with Gasteiger partial charge >= 0.3 is 0 Å². The van der Waals surface area contributed by atoms with Crippen molar-refractivity contribution >= 4 is 0 Å². The van der Waals surface area contributed by atoms with Crippen LogP contribution in [0.15, 0.2) is 0 Å². The molecule has 1 N–H and O–H groups in total. The standard InChI is InChI=1S/C11H23N5/c1-6-12-9(2)10-13-14-15-16(10)8-7-11(3,4)5/h9,12H,6-8H2,1-5H3. The minimum atomic E-state index is 0.208. The summed E-state index contributed by atoms with van der Waals surface area (Å²) in [7, 11) is 0. The lowest BCUT2D eigenvalue weighted by Gasteiger charge is -2.19. The molecule has 0 fully saturated rings. The van der Waals surface area contributed by atoms with Crippen LogP contribution in [0.5, 0.6) is 0 Å². The highest BCUT2D eigenvalue weighted by molar-refractivity contribution is 4.89. The average molecular weight is 225 g/mol. The van der Waals surface area contributed by atoms with Crippen LogP contribution in [0.3, 0.4) is 0 Å². The number of tetrazole rings is 1. The molecule has 0 saturated carbocycles. The van der Waals surface area contributed by atoms with Crippen molar-refractivity contribution in [2.24, 2.45) is 5.41 Å². The zero-order chi connectivity index (χ0) is 12.2. The topological polar surface area (TPSA) is 55.6 Å². The van der Waals surface area contributed by atoms with Crippen molar-refractivity contribution in [1.29, 1.82) is 0 Å². The lowest BCUT2D eigenvalue weighted by atomic mass is 9.92. The van der Waals surface area contributed by atoms with Gasteiger partial charge in [-0.3, -0.25) is 0 Å². The quantitative estimate of drug-likeness (QED) is 0.830. The SMILES string of the molecule is CCNC(C)c1nnnn1CCC(C)(C)C. The van der Waals surface area contributed by atoms with Crippen LogP contribution in [-0.2, 0) is 6.54 Å². The van der Waals surface area contributed by atoms with E-state index in [1.54, 1.807) is 0 Å². The first kappa shape index (κ1) is 13.1. The van der Waals surface area contributed by atoms with E-state index in [9.17, 15) is 0 Å². The third-order valence-corrected chi connectivity index (χ3v) is 2.53. The Balaban J connectivity index is 2.63. The molecule has 0 aliphatic rings. The van der Waals surface area contributed by atoms with Gasteiger partial charge in [-0.2, -0.15) is 0 Å². The summed E-state index contributed by atoms with van der Waals surface area (Å²) in [5, 5.41) is 15.2. The van der Waals surface area contributed by atoms with Gasteiger partial charge in [0.05, 0.1) is 6.04 Å². The molecule has 1 atom stereocenters. The van der Waals surface area contributed by atoms with Gasteiger partial charge in [0.15, 0.2) is 5.82 Å². The fourth-order valence-corrected chi connectivity index (χ4v) is 1.52. The fraction of sp³-hybridized carbons (Fsp3) is 0.909. The normalized spacial score (nSPS) is 14.1. The average Bonchev–Trinajstić information content (AvgIpc) is 2.61. The Labute approximate surface area is 97.6 Å². The summed E-state index contributed by atoms with van der Waals surface area (Å²) >= 11 is 0.